The average Bonchev–Trinajstić information content (AvgIpc) is 3.05. The number of nitrogen functional groups attached to an aromatic ring is 1. The normalized spacial score (nSPS) is 11.6. The largest absolute Gasteiger partial charge is 0.507 e. The number of aromatic hydroxyl groups is 1. The van der Waals surface area contributed by atoms with Gasteiger partial charge in [0, 0.05) is 16.6 Å². The number of phenolic OH excluding ortho intramolecular Hbond substituents is 1. The summed E-state index contributed by atoms with van der Waals surface area (Å²) in [6, 6.07) is 12.4. The molecule has 164 valence electrons. The number of fused-ring (bicyclic) bond motifs is 2. The van der Waals surface area contributed by atoms with Gasteiger partial charge in [0.05, 0.1) is 17.2 Å². The standard InChI is InChI=1S/C23H23BrN6O2/c1-2-3-6-11-26-23(32)19-20-22(29-17-8-5-4-7-16(17)28-20)30(21(19)25)27-13-14-12-15(24)9-10-18(14)31/h4-5,7-10,12-13,31H,2-3,6,11,25H2,1H3,(H,26,32)/b27-13+. The van der Waals surface area contributed by atoms with Crippen molar-refractivity contribution in [2.45, 2.75) is 26.2 Å². The molecule has 2 aromatic carbocycles. The van der Waals surface area contributed by atoms with Gasteiger partial charge in [0.15, 0.2) is 5.65 Å². The van der Waals surface area contributed by atoms with Crippen LogP contribution in [0.3, 0.4) is 0 Å². The third-order valence-electron chi connectivity index (χ3n) is 5.07. The van der Waals surface area contributed by atoms with E-state index in [1.165, 1.54) is 10.9 Å². The van der Waals surface area contributed by atoms with Crippen molar-refractivity contribution in [1.82, 2.24) is 20.0 Å². The number of aromatic nitrogens is 3. The molecule has 4 aromatic rings. The van der Waals surface area contributed by atoms with Gasteiger partial charge in [-0.2, -0.15) is 9.78 Å². The summed E-state index contributed by atoms with van der Waals surface area (Å²) in [4.78, 5) is 22.3. The number of hydrogen-bond donors (Lipinski definition) is 3. The van der Waals surface area contributed by atoms with Crippen molar-refractivity contribution in [3.63, 3.8) is 0 Å². The first-order valence-electron chi connectivity index (χ1n) is 10.4. The fraction of sp³-hybridized carbons (Fsp3) is 0.217. The van der Waals surface area contributed by atoms with Crippen molar-refractivity contribution >= 4 is 56.1 Å². The quantitative estimate of drug-likeness (QED) is 0.259. The van der Waals surface area contributed by atoms with Crippen LogP contribution in [0.15, 0.2) is 52.0 Å². The molecule has 0 fully saturated rings. The molecule has 0 aliphatic rings. The molecule has 0 saturated heterocycles. The third-order valence-corrected chi connectivity index (χ3v) is 5.56. The maximum Gasteiger partial charge on any atom is 0.257 e. The molecule has 2 aromatic heterocycles. The SMILES string of the molecule is CCCCCNC(=O)c1c(N)n(/N=C/c2cc(Br)ccc2O)c2nc3ccccc3nc12. The molecule has 9 heteroatoms. The number of halogens is 1. The lowest BCUT2D eigenvalue weighted by molar-refractivity contribution is 0.0955. The third kappa shape index (κ3) is 4.29. The minimum absolute atomic E-state index is 0.0670. The first-order valence-corrected chi connectivity index (χ1v) is 11.2. The van der Waals surface area contributed by atoms with Gasteiger partial charge in [-0.1, -0.05) is 47.8 Å². The number of nitrogens with one attached hydrogen (secondary N) is 1. The predicted molar refractivity (Wildman–Crippen MR) is 130 cm³/mol. The Labute approximate surface area is 193 Å². The lowest BCUT2D eigenvalue weighted by Gasteiger charge is -2.05. The van der Waals surface area contributed by atoms with Gasteiger partial charge >= 0.3 is 0 Å². The second-order valence-electron chi connectivity index (χ2n) is 7.37. The van der Waals surface area contributed by atoms with Crippen LogP contribution in [0.5, 0.6) is 5.75 Å². The van der Waals surface area contributed by atoms with E-state index in [1.54, 1.807) is 18.2 Å². The summed E-state index contributed by atoms with van der Waals surface area (Å²) in [5, 5.41) is 17.5. The smallest absolute Gasteiger partial charge is 0.257 e. The van der Waals surface area contributed by atoms with Crippen molar-refractivity contribution in [3.05, 3.63) is 58.1 Å². The summed E-state index contributed by atoms with van der Waals surface area (Å²) in [7, 11) is 0. The zero-order valence-electron chi connectivity index (χ0n) is 17.5. The molecule has 0 saturated carbocycles. The van der Waals surface area contributed by atoms with Crippen molar-refractivity contribution in [2.24, 2.45) is 5.10 Å². The summed E-state index contributed by atoms with van der Waals surface area (Å²) in [5.41, 5.74) is 9.17. The molecule has 0 bridgehead atoms. The number of amides is 1. The van der Waals surface area contributed by atoms with Crippen LogP contribution < -0.4 is 11.1 Å². The number of phenols is 1. The Morgan fingerprint density at radius 2 is 1.97 bits per heavy atom. The van der Waals surface area contributed by atoms with Gasteiger partial charge in [-0.15, -0.1) is 0 Å². The summed E-state index contributed by atoms with van der Waals surface area (Å²) in [5.74, 6) is -0.112. The molecule has 32 heavy (non-hydrogen) atoms. The molecule has 2 heterocycles. The number of nitrogens with zero attached hydrogens (tertiary/aromatic N) is 4. The van der Waals surface area contributed by atoms with Gasteiger partial charge in [0.25, 0.3) is 5.91 Å². The van der Waals surface area contributed by atoms with Gasteiger partial charge in [0.1, 0.15) is 22.6 Å². The van der Waals surface area contributed by atoms with E-state index in [-0.39, 0.29) is 23.0 Å². The van der Waals surface area contributed by atoms with Crippen molar-refractivity contribution < 1.29 is 9.90 Å². The lowest BCUT2D eigenvalue weighted by Crippen LogP contribution is -2.25. The number of unbranched alkanes of at least 4 members (excludes halogenated alkanes) is 2. The number of carbonyl (C=O) groups is 1. The average molecular weight is 495 g/mol. The van der Waals surface area contributed by atoms with Crippen LogP contribution in [0.1, 0.15) is 42.1 Å². The number of para-hydroxylation sites is 2. The van der Waals surface area contributed by atoms with Crippen molar-refractivity contribution in [3.8, 4) is 5.75 Å². The summed E-state index contributed by atoms with van der Waals surface area (Å²) in [6.45, 7) is 2.66. The Hall–Kier alpha value is -3.46. The maximum atomic E-state index is 13.0. The lowest BCUT2D eigenvalue weighted by atomic mass is 10.2. The number of nitrogens with two attached hydrogens (primary N) is 1. The van der Waals surface area contributed by atoms with E-state index in [1.807, 2.05) is 24.3 Å². The Kier molecular flexibility index (Phi) is 6.36. The number of anilines is 1. The Bertz CT molecular complexity index is 1330. The van der Waals surface area contributed by atoms with E-state index in [4.69, 9.17) is 5.73 Å². The highest BCUT2D eigenvalue weighted by atomic mass is 79.9. The molecule has 0 aliphatic carbocycles. The predicted octanol–water partition coefficient (Wildman–Crippen LogP) is 4.44. The van der Waals surface area contributed by atoms with Crippen molar-refractivity contribution in [2.75, 3.05) is 12.3 Å². The molecule has 0 spiro atoms. The fourth-order valence-electron chi connectivity index (χ4n) is 3.40. The molecular formula is C23H23BrN6O2. The van der Waals surface area contributed by atoms with Gasteiger partial charge < -0.3 is 16.2 Å². The first-order chi connectivity index (χ1) is 15.5. The minimum atomic E-state index is -0.313. The number of carbonyl (C=O) groups excluding carboxylic acids is 1. The molecule has 0 unspecified atom stereocenters. The highest BCUT2D eigenvalue weighted by molar-refractivity contribution is 9.10. The Morgan fingerprint density at radius 3 is 2.72 bits per heavy atom. The van der Waals surface area contributed by atoms with E-state index in [2.05, 4.69) is 43.2 Å². The molecule has 4 N–H and O–H groups in total. The van der Waals surface area contributed by atoms with E-state index in [0.29, 0.717) is 34.3 Å². The zero-order chi connectivity index (χ0) is 22.7. The van der Waals surface area contributed by atoms with Crippen LogP contribution >= 0.6 is 15.9 Å². The van der Waals surface area contributed by atoms with Crippen LogP contribution in [-0.2, 0) is 0 Å². The van der Waals surface area contributed by atoms with E-state index >= 15 is 0 Å². The second kappa shape index (κ2) is 9.35. The van der Waals surface area contributed by atoms with Crippen LogP contribution in [0.25, 0.3) is 22.2 Å². The second-order valence-corrected chi connectivity index (χ2v) is 8.28. The maximum absolute atomic E-state index is 13.0. The number of benzene rings is 2. The minimum Gasteiger partial charge on any atom is -0.507 e. The monoisotopic (exact) mass is 494 g/mol. The van der Waals surface area contributed by atoms with Gasteiger partial charge in [0.2, 0.25) is 0 Å². The molecule has 0 atom stereocenters. The molecule has 0 radical (unpaired) electrons. The van der Waals surface area contributed by atoms with E-state index in [9.17, 15) is 9.90 Å². The molecule has 8 nitrogen and oxygen atoms in total. The molecular weight excluding hydrogens is 472 g/mol. The van der Waals surface area contributed by atoms with Crippen LogP contribution in [0, 0.1) is 0 Å². The van der Waals surface area contributed by atoms with Gasteiger partial charge in [-0.25, -0.2) is 9.97 Å². The number of hydrogen-bond acceptors (Lipinski definition) is 6. The summed E-state index contributed by atoms with van der Waals surface area (Å²) >= 11 is 3.38. The summed E-state index contributed by atoms with van der Waals surface area (Å²) in [6.07, 6.45) is 4.44. The summed E-state index contributed by atoms with van der Waals surface area (Å²) < 4.78 is 2.18. The van der Waals surface area contributed by atoms with Gasteiger partial charge in [-0.3, -0.25) is 4.79 Å². The molecule has 4 rings (SSSR count). The van der Waals surface area contributed by atoms with Crippen LogP contribution in [-0.4, -0.2) is 38.4 Å². The number of rotatable bonds is 7. The zero-order valence-corrected chi connectivity index (χ0v) is 19.1. The fourth-order valence-corrected chi connectivity index (χ4v) is 3.78. The van der Waals surface area contributed by atoms with Gasteiger partial charge in [-0.05, 0) is 36.8 Å². The Balaban J connectivity index is 1.83. The highest BCUT2D eigenvalue weighted by Gasteiger charge is 2.23. The van der Waals surface area contributed by atoms with E-state index < -0.39 is 0 Å². The Morgan fingerprint density at radius 1 is 1.22 bits per heavy atom. The van der Waals surface area contributed by atoms with Crippen LogP contribution in [0.4, 0.5) is 5.82 Å². The molecule has 0 aliphatic heterocycles. The van der Waals surface area contributed by atoms with E-state index in [0.717, 1.165) is 23.7 Å². The highest BCUT2D eigenvalue weighted by Crippen LogP contribution is 2.28. The topological polar surface area (TPSA) is 118 Å². The first kappa shape index (κ1) is 21.8. The van der Waals surface area contributed by atoms with Crippen LogP contribution in [0.2, 0.25) is 0 Å². The molecule has 1 amide bonds. The van der Waals surface area contributed by atoms with Crippen molar-refractivity contribution in [1.29, 1.82) is 0 Å².